The highest BCUT2D eigenvalue weighted by atomic mass is 19.1. The molecular weight excluding hydrogens is 243 g/mol. The van der Waals surface area contributed by atoms with Gasteiger partial charge in [0.2, 0.25) is 0 Å². The fraction of sp³-hybridized carbons (Fsp3) is 0.308. The van der Waals surface area contributed by atoms with E-state index in [1.54, 1.807) is 6.92 Å². The van der Waals surface area contributed by atoms with Crippen molar-refractivity contribution in [2.24, 2.45) is 0 Å². The van der Waals surface area contributed by atoms with Gasteiger partial charge < -0.3 is 5.32 Å². The first-order valence-electron chi connectivity index (χ1n) is 5.38. The summed E-state index contributed by atoms with van der Waals surface area (Å²) < 4.78 is 39.3. The van der Waals surface area contributed by atoms with Crippen molar-refractivity contribution in [1.29, 1.82) is 0 Å². The van der Waals surface area contributed by atoms with E-state index in [1.165, 1.54) is 0 Å². The molecule has 1 rings (SSSR count). The second-order valence-electron chi connectivity index (χ2n) is 3.73. The minimum Gasteiger partial charge on any atom is -0.348 e. The van der Waals surface area contributed by atoms with Gasteiger partial charge in [0.1, 0.15) is 23.0 Å². The molecule has 5 heteroatoms. The zero-order chi connectivity index (χ0) is 13.7. The second kappa shape index (κ2) is 6.10. The van der Waals surface area contributed by atoms with Crippen molar-refractivity contribution < 1.29 is 18.0 Å². The van der Waals surface area contributed by atoms with E-state index in [-0.39, 0.29) is 12.5 Å². The summed E-state index contributed by atoms with van der Waals surface area (Å²) in [5.41, 5.74) is -0.799. The third-order valence-electron chi connectivity index (χ3n) is 2.43. The number of nitrogens with one attached hydrogen (secondary N) is 1. The van der Waals surface area contributed by atoms with E-state index < -0.39 is 28.9 Å². The maximum Gasteiger partial charge on any atom is 0.257 e. The normalized spacial score (nSPS) is 11.7. The summed E-state index contributed by atoms with van der Waals surface area (Å²) in [6.45, 7) is 1.78. The Balaban J connectivity index is 2.95. The lowest BCUT2D eigenvalue weighted by atomic mass is 10.1. The molecule has 0 aliphatic carbocycles. The monoisotopic (exact) mass is 255 g/mol. The molecule has 2 nitrogen and oxygen atoms in total. The van der Waals surface area contributed by atoms with Crippen LogP contribution in [0.4, 0.5) is 13.2 Å². The second-order valence-corrected chi connectivity index (χ2v) is 3.73. The molecule has 96 valence electrons. The Morgan fingerprint density at radius 1 is 1.39 bits per heavy atom. The molecule has 0 saturated heterocycles. The van der Waals surface area contributed by atoms with Gasteiger partial charge in [-0.15, -0.1) is 12.3 Å². The molecule has 1 atom stereocenters. The molecular formula is C13H12F3NO. The van der Waals surface area contributed by atoms with Crippen LogP contribution >= 0.6 is 0 Å². The summed E-state index contributed by atoms with van der Waals surface area (Å²) in [7, 11) is 0. The zero-order valence-electron chi connectivity index (χ0n) is 9.77. The maximum atomic E-state index is 13.3. The van der Waals surface area contributed by atoms with Crippen LogP contribution in [0.5, 0.6) is 0 Å². The molecule has 0 bridgehead atoms. The predicted molar refractivity (Wildman–Crippen MR) is 61.3 cm³/mol. The molecule has 0 aliphatic heterocycles. The molecule has 1 N–H and O–H groups in total. The van der Waals surface area contributed by atoms with Gasteiger partial charge in [0.25, 0.3) is 5.91 Å². The van der Waals surface area contributed by atoms with E-state index in [9.17, 15) is 18.0 Å². The summed E-state index contributed by atoms with van der Waals surface area (Å²) in [5.74, 6) is -2.13. The van der Waals surface area contributed by atoms with Gasteiger partial charge in [0.15, 0.2) is 0 Å². The molecule has 1 amide bonds. The number of terminal acetylenes is 1. The van der Waals surface area contributed by atoms with Gasteiger partial charge in [-0.05, 0) is 6.42 Å². The van der Waals surface area contributed by atoms with Gasteiger partial charge in [-0.25, -0.2) is 13.2 Å². The van der Waals surface area contributed by atoms with Crippen LogP contribution in [0.25, 0.3) is 0 Å². The fourth-order valence-electron chi connectivity index (χ4n) is 1.46. The summed E-state index contributed by atoms with van der Waals surface area (Å²) in [6, 6.07) is 0.548. The Hall–Kier alpha value is -1.96. The minimum atomic E-state index is -1.24. The number of halogens is 3. The number of rotatable bonds is 4. The third kappa shape index (κ3) is 3.27. The van der Waals surface area contributed by atoms with Crippen LogP contribution < -0.4 is 5.32 Å². The fourth-order valence-corrected chi connectivity index (χ4v) is 1.46. The summed E-state index contributed by atoms with van der Waals surface area (Å²) in [5, 5.41) is 2.40. The van der Waals surface area contributed by atoms with Gasteiger partial charge in [0, 0.05) is 24.6 Å². The highest BCUT2D eigenvalue weighted by Crippen LogP contribution is 2.15. The highest BCUT2D eigenvalue weighted by molar-refractivity contribution is 5.94. The van der Waals surface area contributed by atoms with Crippen LogP contribution in [0.2, 0.25) is 0 Å². The Kier molecular flexibility index (Phi) is 4.78. The lowest BCUT2D eigenvalue weighted by molar-refractivity contribution is 0.0928. The lowest BCUT2D eigenvalue weighted by Gasteiger charge is -2.14. The van der Waals surface area contributed by atoms with Crippen molar-refractivity contribution in [3.8, 4) is 12.3 Å². The van der Waals surface area contributed by atoms with Crippen LogP contribution in [0.3, 0.4) is 0 Å². The Labute approximate surface area is 103 Å². The average molecular weight is 255 g/mol. The van der Waals surface area contributed by atoms with Crippen molar-refractivity contribution in [3.63, 3.8) is 0 Å². The lowest BCUT2D eigenvalue weighted by Crippen LogP contribution is -2.35. The molecule has 1 unspecified atom stereocenters. The number of hydrogen-bond donors (Lipinski definition) is 1. The van der Waals surface area contributed by atoms with E-state index in [1.807, 2.05) is 0 Å². The smallest absolute Gasteiger partial charge is 0.257 e. The quantitative estimate of drug-likeness (QED) is 0.823. The standard InChI is InChI=1S/C13H12F3NO/c1-3-5-9(4-2)17-13(18)12-10(15)6-8(14)7-11(12)16/h1,6-7,9H,4-5H2,2H3,(H,17,18). The van der Waals surface area contributed by atoms with E-state index in [2.05, 4.69) is 11.2 Å². The molecule has 18 heavy (non-hydrogen) atoms. The topological polar surface area (TPSA) is 29.1 Å². The largest absolute Gasteiger partial charge is 0.348 e. The maximum absolute atomic E-state index is 13.3. The van der Waals surface area contributed by atoms with E-state index >= 15 is 0 Å². The molecule has 0 heterocycles. The Morgan fingerprint density at radius 3 is 2.39 bits per heavy atom. The van der Waals surface area contributed by atoms with Crippen molar-refractivity contribution >= 4 is 5.91 Å². The first kappa shape index (κ1) is 14.1. The van der Waals surface area contributed by atoms with Gasteiger partial charge >= 0.3 is 0 Å². The summed E-state index contributed by atoms with van der Waals surface area (Å²) >= 11 is 0. The minimum absolute atomic E-state index is 0.257. The van der Waals surface area contributed by atoms with Gasteiger partial charge in [0.05, 0.1) is 0 Å². The van der Waals surface area contributed by atoms with Crippen LogP contribution in [-0.4, -0.2) is 11.9 Å². The van der Waals surface area contributed by atoms with Gasteiger partial charge in [-0.2, -0.15) is 0 Å². The number of carbonyl (C=O) groups excluding carboxylic acids is 1. The predicted octanol–water partition coefficient (Wildman–Crippen LogP) is 2.64. The van der Waals surface area contributed by atoms with Crippen LogP contribution in [0, 0.1) is 29.8 Å². The number of hydrogen-bond acceptors (Lipinski definition) is 1. The molecule has 0 saturated carbocycles. The zero-order valence-corrected chi connectivity index (χ0v) is 9.77. The van der Waals surface area contributed by atoms with Crippen LogP contribution in [-0.2, 0) is 0 Å². The van der Waals surface area contributed by atoms with Crippen LogP contribution in [0.1, 0.15) is 30.1 Å². The van der Waals surface area contributed by atoms with Crippen molar-refractivity contribution in [2.75, 3.05) is 0 Å². The number of amides is 1. The third-order valence-corrected chi connectivity index (χ3v) is 2.43. The van der Waals surface area contributed by atoms with Gasteiger partial charge in [-0.3, -0.25) is 4.79 Å². The molecule has 0 aromatic heterocycles. The first-order valence-corrected chi connectivity index (χ1v) is 5.38. The molecule has 0 spiro atoms. The first-order chi connectivity index (χ1) is 8.49. The van der Waals surface area contributed by atoms with E-state index in [0.717, 1.165) is 0 Å². The SMILES string of the molecule is C#CCC(CC)NC(=O)c1c(F)cc(F)cc1F. The average Bonchev–Trinajstić information content (AvgIpc) is 2.26. The Bertz CT molecular complexity index is 470. The Morgan fingerprint density at radius 2 is 1.94 bits per heavy atom. The summed E-state index contributed by atoms with van der Waals surface area (Å²) in [4.78, 5) is 11.7. The van der Waals surface area contributed by atoms with E-state index in [4.69, 9.17) is 6.42 Å². The molecule has 1 aromatic carbocycles. The highest BCUT2D eigenvalue weighted by Gasteiger charge is 2.20. The van der Waals surface area contributed by atoms with Crippen LogP contribution in [0.15, 0.2) is 12.1 Å². The van der Waals surface area contributed by atoms with Crippen molar-refractivity contribution in [2.45, 2.75) is 25.8 Å². The number of carbonyl (C=O) groups is 1. The molecule has 0 aliphatic rings. The summed E-state index contributed by atoms with van der Waals surface area (Å²) in [6.07, 6.45) is 5.88. The molecule has 1 aromatic rings. The van der Waals surface area contributed by atoms with E-state index in [0.29, 0.717) is 18.6 Å². The number of benzene rings is 1. The molecule has 0 fully saturated rings. The van der Waals surface area contributed by atoms with Crippen molar-refractivity contribution in [1.82, 2.24) is 5.32 Å². The van der Waals surface area contributed by atoms with Gasteiger partial charge in [-0.1, -0.05) is 6.92 Å². The van der Waals surface area contributed by atoms with Crippen molar-refractivity contribution in [3.05, 3.63) is 35.1 Å². The molecule has 0 radical (unpaired) electrons.